The van der Waals surface area contributed by atoms with Crippen molar-refractivity contribution < 1.29 is 74.4 Å². The van der Waals surface area contributed by atoms with Gasteiger partial charge in [0.15, 0.2) is 0 Å². The molecule has 255 valence electrons. The summed E-state index contributed by atoms with van der Waals surface area (Å²) in [7, 11) is 0. The Bertz CT molecular complexity index is 1400. The summed E-state index contributed by atoms with van der Waals surface area (Å²) >= 11 is 0. The summed E-state index contributed by atoms with van der Waals surface area (Å²) in [5.41, 5.74) is 2.27. The third-order valence-electron chi connectivity index (χ3n) is 7.05. The maximum absolute atomic E-state index is 8.36. The summed E-state index contributed by atoms with van der Waals surface area (Å²) in [6.45, 7) is 8.76. The monoisotopic (exact) mass is 740 g/mol. The Balaban J connectivity index is 0.000000361. The van der Waals surface area contributed by atoms with Crippen LogP contribution in [0, 0.1) is 20.2 Å². The number of rotatable bonds is 4. The summed E-state index contributed by atoms with van der Waals surface area (Å²) in [6, 6.07) is 24.5. The number of nitrogens with zero attached hydrogens (tertiary/aromatic N) is 4. The minimum absolute atomic E-state index is 0. The Morgan fingerprint density at radius 1 is 0.630 bits per heavy atom. The fraction of sp³-hybridized carbons (Fsp3) is 0.333. The van der Waals surface area contributed by atoms with Crippen molar-refractivity contribution in [2.45, 2.75) is 13.1 Å². The Morgan fingerprint density at radius 3 is 1.26 bits per heavy atom. The molecule has 2 saturated heterocycles. The predicted octanol–water partition coefficient (Wildman–Crippen LogP) is 3.52. The second kappa shape index (κ2) is 21.1. The van der Waals surface area contributed by atoms with E-state index in [9.17, 15) is 0 Å². The second-order valence-corrected chi connectivity index (χ2v) is 9.88. The van der Waals surface area contributed by atoms with Crippen molar-refractivity contribution in [3.05, 3.63) is 104 Å². The van der Waals surface area contributed by atoms with Gasteiger partial charge in [0, 0.05) is 51.4 Å². The van der Waals surface area contributed by atoms with Crippen LogP contribution in [0.3, 0.4) is 0 Å². The molecule has 4 aromatic rings. The zero-order valence-corrected chi connectivity index (χ0v) is 26.6. The molecule has 2 fully saturated rings. The standard InChI is InChI=1S/2C15H17NO2.2Cu.2HNO3/c2*17-15-6-5-12-3-1-2-4-13(12)14(15)11-16-7-9-18-10-8-16;;;2*2-1(3)4/h2*1-6,17H,7-11H2;;;2*(H,2,3,4)/q;;+1;+2;;/p+2. The molecule has 2 heterocycles. The van der Waals surface area contributed by atoms with Gasteiger partial charge < -0.3 is 30.1 Å². The minimum Gasteiger partial charge on any atom is -0.593 e. The van der Waals surface area contributed by atoms with Crippen molar-refractivity contribution in [3.63, 3.8) is 0 Å². The molecule has 0 spiro atoms. The molecule has 1 radical (unpaired) electrons. The average molecular weight is 742 g/mol. The van der Waals surface area contributed by atoms with Crippen LogP contribution in [0.5, 0.6) is 11.5 Å². The first kappa shape index (κ1) is 40.3. The molecule has 6 N–H and O–H groups in total. The van der Waals surface area contributed by atoms with E-state index in [0.717, 1.165) is 76.8 Å². The molecule has 0 aromatic heterocycles. The van der Waals surface area contributed by atoms with Gasteiger partial charge in [0.25, 0.3) is 21.7 Å². The van der Waals surface area contributed by atoms with E-state index in [0.29, 0.717) is 11.5 Å². The van der Waals surface area contributed by atoms with E-state index in [1.54, 1.807) is 0 Å². The third-order valence-corrected chi connectivity index (χ3v) is 7.05. The molecule has 0 bridgehead atoms. The van der Waals surface area contributed by atoms with Gasteiger partial charge >= 0.3 is 34.1 Å². The van der Waals surface area contributed by atoms with E-state index in [1.807, 2.05) is 48.5 Å². The van der Waals surface area contributed by atoms with E-state index >= 15 is 0 Å². The van der Waals surface area contributed by atoms with Gasteiger partial charge in [-0.15, -0.1) is 20.2 Å². The van der Waals surface area contributed by atoms with Gasteiger partial charge in [0.05, 0.1) is 37.6 Å². The molecule has 46 heavy (non-hydrogen) atoms. The molecular formula is C30H38Cu2N4O10+5. The van der Waals surface area contributed by atoms with Gasteiger partial charge in [-0.2, -0.15) is 0 Å². The molecular weight excluding hydrogens is 703 g/mol. The largest absolute Gasteiger partial charge is 2.00 e. The fourth-order valence-electron chi connectivity index (χ4n) is 4.98. The molecule has 0 atom stereocenters. The number of benzene rings is 4. The molecule has 16 heteroatoms. The SMILES string of the molecule is O=[N+]([O-])O.O=[N+]([O-])O.[Cu+2].[Cu+].[OH2+]c1ccc2ccccc2c1CN1CCOCC1.[OH2+]c1ccc2ccccc2c1CN1CCOCC1. The predicted molar refractivity (Wildman–Crippen MR) is 164 cm³/mol. The number of hydrogen-bond acceptors (Lipinski definition) is 8. The first-order valence-corrected chi connectivity index (χ1v) is 13.9. The Labute approximate surface area is 286 Å². The van der Waals surface area contributed by atoms with Crippen molar-refractivity contribution in [2.24, 2.45) is 0 Å². The molecule has 0 saturated carbocycles. The second-order valence-electron chi connectivity index (χ2n) is 9.88. The number of fused-ring (bicyclic) bond motifs is 2. The van der Waals surface area contributed by atoms with Crippen LogP contribution in [0.25, 0.3) is 21.5 Å². The van der Waals surface area contributed by atoms with Crippen molar-refractivity contribution in [1.82, 2.24) is 9.80 Å². The molecule has 2 aliphatic heterocycles. The van der Waals surface area contributed by atoms with Crippen molar-refractivity contribution in [3.8, 4) is 11.5 Å². The van der Waals surface area contributed by atoms with Crippen LogP contribution in [0.4, 0.5) is 0 Å². The van der Waals surface area contributed by atoms with E-state index in [4.69, 9.17) is 50.3 Å². The van der Waals surface area contributed by atoms with Gasteiger partial charge in [0.2, 0.25) is 0 Å². The number of morpholine rings is 2. The number of ether oxygens (including phenoxy) is 2. The van der Waals surface area contributed by atoms with Gasteiger partial charge in [0.1, 0.15) is 0 Å². The van der Waals surface area contributed by atoms with Crippen LogP contribution in [-0.4, -0.2) is 93.2 Å². The molecule has 4 aromatic carbocycles. The average Bonchev–Trinajstić information content (AvgIpc) is 3.01. The van der Waals surface area contributed by atoms with E-state index < -0.39 is 10.2 Å². The molecule has 0 amide bonds. The van der Waals surface area contributed by atoms with Crippen molar-refractivity contribution >= 4 is 21.5 Å². The zero-order valence-electron chi connectivity index (χ0n) is 24.7. The Kier molecular flexibility index (Phi) is 18.5. The van der Waals surface area contributed by atoms with E-state index in [-0.39, 0.29) is 34.1 Å². The smallest absolute Gasteiger partial charge is 0.593 e. The van der Waals surface area contributed by atoms with Crippen LogP contribution < -0.4 is 0 Å². The number of hydrogen-bond donors (Lipinski definition) is 2. The maximum Gasteiger partial charge on any atom is 2.00 e. The zero-order chi connectivity index (χ0) is 31.9. The Morgan fingerprint density at radius 2 is 0.935 bits per heavy atom. The normalized spacial score (nSPS) is 14.4. The van der Waals surface area contributed by atoms with Crippen LogP contribution in [0.1, 0.15) is 11.1 Å². The summed E-state index contributed by atoms with van der Waals surface area (Å²) in [4.78, 5) is 21.5. The third kappa shape index (κ3) is 13.3. The van der Waals surface area contributed by atoms with E-state index in [2.05, 4.69) is 34.1 Å². The van der Waals surface area contributed by atoms with Crippen LogP contribution in [0.2, 0.25) is 0 Å². The molecule has 0 aliphatic carbocycles. The van der Waals surface area contributed by atoms with Crippen molar-refractivity contribution in [2.75, 3.05) is 52.6 Å². The summed E-state index contributed by atoms with van der Waals surface area (Å²) < 4.78 is 10.7. The van der Waals surface area contributed by atoms with E-state index in [1.165, 1.54) is 21.5 Å². The molecule has 2 aliphatic rings. The van der Waals surface area contributed by atoms with Crippen LogP contribution >= 0.6 is 0 Å². The fourth-order valence-corrected chi connectivity index (χ4v) is 4.98. The molecule has 0 unspecified atom stereocenters. The Hall–Kier alpha value is -3.72. The first-order valence-electron chi connectivity index (χ1n) is 13.9. The van der Waals surface area contributed by atoms with Crippen molar-refractivity contribution in [1.29, 1.82) is 0 Å². The summed E-state index contributed by atoms with van der Waals surface area (Å²) in [5, 5.41) is 48.4. The molecule has 6 rings (SSSR count). The summed E-state index contributed by atoms with van der Waals surface area (Å²) in [6.07, 6.45) is 0. The quantitative estimate of drug-likeness (QED) is 0.135. The van der Waals surface area contributed by atoms with Gasteiger partial charge in [-0.1, -0.05) is 48.5 Å². The maximum atomic E-state index is 8.36. The first-order chi connectivity index (χ1) is 21.2. The van der Waals surface area contributed by atoms with Gasteiger partial charge in [-0.05, 0) is 33.7 Å². The van der Waals surface area contributed by atoms with Gasteiger partial charge in [-0.25, -0.2) is 0 Å². The van der Waals surface area contributed by atoms with Crippen LogP contribution in [0.15, 0.2) is 72.8 Å². The van der Waals surface area contributed by atoms with Crippen LogP contribution in [-0.2, 0) is 56.7 Å². The minimum atomic E-state index is -1.50. The topological polar surface area (TPSA) is 197 Å². The molecule has 14 nitrogen and oxygen atoms in total. The van der Waals surface area contributed by atoms with Gasteiger partial charge in [-0.3, -0.25) is 9.80 Å². The summed E-state index contributed by atoms with van der Waals surface area (Å²) in [5.74, 6) is 1.28.